The zero-order chi connectivity index (χ0) is 14.9. The number of carbonyl (C=O) groups is 1. The second-order valence-corrected chi connectivity index (χ2v) is 5.69. The molecule has 4 nitrogen and oxygen atoms in total. The first-order chi connectivity index (χ1) is 10.3. The fourth-order valence-corrected chi connectivity index (χ4v) is 2.81. The van der Waals surface area contributed by atoms with Gasteiger partial charge in [-0.25, -0.2) is 4.79 Å². The Morgan fingerprint density at radius 1 is 1.24 bits per heavy atom. The van der Waals surface area contributed by atoms with E-state index in [1.54, 1.807) is 7.11 Å². The van der Waals surface area contributed by atoms with E-state index in [4.69, 9.17) is 4.74 Å². The number of amides is 2. The number of urea groups is 1. The molecule has 0 unspecified atom stereocenters. The van der Waals surface area contributed by atoms with Gasteiger partial charge in [0.25, 0.3) is 0 Å². The van der Waals surface area contributed by atoms with Gasteiger partial charge in [-0.05, 0) is 37.0 Å². The second kappa shape index (κ2) is 8.55. The lowest BCUT2D eigenvalue weighted by molar-refractivity contribution is 0.235. The molecule has 1 aliphatic rings. The summed E-state index contributed by atoms with van der Waals surface area (Å²) in [7, 11) is 1.66. The zero-order valence-electron chi connectivity index (χ0n) is 12.9. The normalized spacial score (nSPS) is 16.0. The Morgan fingerprint density at radius 2 is 2.00 bits per heavy atom. The van der Waals surface area contributed by atoms with E-state index >= 15 is 0 Å². The van der Waals surface area contributed by atoms with Gasteiger partial charge in [0, 0.05) is 12.6 Å². The van der Waals surface area contributed by atoms with E-state index in [2.05, 4.69) is 10.6 Å². The summed E-state index contributed by atoms with van der Waals surface area (Å²) in [5.41, 5.74) is 1.17. The maximum atomic E-state index is 11.9. The third-order valence-corrected chi connectivity index (χ3v) is 4.02. The van der Waals surface area contributed by atoms with Gasteiger partial charge in [-0.1, -0.05) is 37.8 Å². The van der Waals surface area contributed by atoms with Crippen LogP contribution >= 0.6 is 0 Å². The van der Waals surface area contributed by atoms with Crippen molar-refractivity contribution < 1.29 is 9.53 Å². The first kappa shape index (κ1) is 15.7. The summed E-state index contributed by atoms with van der Waals surface area (Å²) in [5.74, 6) is 0.857. The summed E-state index contributed by atoms with van der Waals surface area (Å²) in [6.07, 6.45) is 8.11. The highest BCUT2D eigenvalue weighted by Crippen LogP contribution is 2.17. The van der Waals surface area contributed by atoms with Gasteiger partial charge in [0.2, 0.25) is 0 Å². The Hall–Kier alpha value is -1.71. The fourth-order valence-electron chi connectivity index (χ4n) is 2.81. The van der Waals surface area contributed by atoms with Gasteiger partial charge < -0.3 is 15.4 Å². The molecule has 0 atom stereocenters. The minimum absolute atomic E-state index is 0.0372. The van der Waals surface area contributed by atoms with Crippen molar-refractivity contribution in [2.24, 2.45) is 0 Å². The second-order valence-electron chi connectivity index (χ2n) is 5.69. The molecule has 0 aromatic heterocycles. The summed E-state index contributed by atoms with van der Waals surface area (Å²) in [5, 5.41) is 6.04. The van der Waals surface area contributed by atoms with Crippen molar-refractivity contribution in [2.45, 2.75) is 51.0 Å². The van der Waals surface area contributed by atoms with Crippen LogP contribution in [0.2, 0.25) is 0 Å². The molecule has 1 fully saturated rings. The van der Waals surface area contributed by atoms with Gasteiger partial charge in [-0.15, -0.1) is 0 Å². The number of methoxy groups -OCH3 is 1. The van der Waals surface area contributed by atoms with Gasteiger partial charge in [0.1, 0.15) is 5.75 Å². The molecule has 0 heterocycles. The van der Waals surface area contributed by atoms with Crippen LogP contribution < -0.4 is 15.4 Å². The molecule has 2 N–H and O–H groups in total. The number of hydrogen-bond donors (Lipinski definition) is 2. The average Bonchev–Trinajstić information content (AvgIpc) is 2.76. The number of carbonyl (C=O) groups excluding carboxylic acids is 1. The van der Waals surface area contributed by atoms with Gasteiger partial charge >= 0.3 is 6.03 Å². The lowest BCUT2D eigenvalue weighted by Crippen LogP contribution is -2.42. The van der Waals surface area contributed by atoms with E-state index in [1.165, 1.54) is 31.2 Å². The quantitative estimate of drug-likeness (QED) is 0.818. The summed E-state index contributed by atoms with van der Waals surface area (Å²) < 4.78 is 5.19. The lowest BCUT2D eigenvalue weighted by Gasteiger charge is -2.16. The third kappa shape index (κ3) is 5.66. The van der Waals surface area contributed by atoms with Crippen LogP contribution in [0, 0.1) is 0 Å². The van der Waals surface area contributed by atoms with E-state index in [0.717, 1.165) is 25.0 Å². The number of hydrogen-bond acceptors (Lipinski definition) is 2. The highest BCUT2D eigenvalue weighted by atomic mass is 16.5. The smallest absolute Gasteiger partial charge is 0.315 e. The number of ether oxygens (including phenoxy) is 1. The third-order valence-electron chi connectivity index (χ3n) is 4.02. The van der Waals surface area contributed by atoms with E-state index in [0.29, 0.717) is 12.6 Å². The first-order valence-electron chi connectivity index (χ1n) is 7.95. The van der Waals surface area contributed by atoms with Crippen molar-refractivity contribution in [3.05, 3.63) is 29.8 Å². The SMILES string of the molecule is COc1cccc(CCNC(=O)NC2CCCCCC2)c1. The lowest BCUT2D eigenvalue weighted by atomic mass is 10.1. The molecular formula is C17H26N2O2. The van der Waals surface area contributed by atoms with Crippen molar-refractivity contribution in [1.29, 1.82) is 0 Å². The Kier molecular flexibility index (Phi) is 6.38. The highest BCUT2D eigenvalue weighted by molar-refractivity contribution is 5.74. The Bertz CT molecular complexity index is 440. The van der Waals surface area contributed by atoms with Crippen molar-refractivity contribution >= 4 is 6.03 Å². The van der Waals surface area contributed by atoms with Crippen molar-refractivity contribution in [2.75, 3.05) is 13.7 Å². The number of rotatable bonds is 5. The molecule has 4 heteroatoms. The molecule has 21 heavy (non-hydrogen) atoms. The van der Waals surface area contributed by atoms with Crippen molar-refractivity contribution in [3.8, 4) is 5.75 Å². The van der Waals surface area contributed by atoms with Crippen LogP contribution in [0.25, 0.3) is 0 Å². The van der Waals surface area contributed by atoms with E-state index < -0.39 is 0 Å². The minimum atomic E-state index is -0.0372. The molecule has 1 saturated carbocycles. The molecule has 1 aromatic rings. The molecule has 1 aliphatic carbocycles. The van der Waals surface area contributed by atoms with Crippen LogP contribution in [0.5, 0.6) is 5.75 Å². The molecule has 0 saturated heterocycles. The van der Waals surface area contributed by atoms with E-state index in [-0.39, 0.29) is 6.03 Å². The molecule has 116 valence electrons. The number of benzene rings is 1. The van der Waals surface area contributed by atoms with Crippen molar-refractivity contribution in [1.82, 2.24) is 10.6 Å². The monoisotopic (exact) mass is 290 g/mol. The molecule has 0 spiro atoms. The molecular weight excluding hydrogens is 264 g/mol. The predicted molar refractivity (Wildman–Crippen MR) is 84.7 cm³/mol. The molecule has 2 rings (SSSR count). The molecule has 0 aliphatic heterocycles. The van der Waals surface area contributed by atoms with Gasteiger partial charge in [0.05, 0.1) is 7.11 Å². The molecule has 0 bridgehead atoms. The van der Waals surface area contributed by atoms with Gasteiger partial charge in [0.15, 0.2) is 0 Å². The van der Waals surface area contributed by atoms with Gasteiger partial charge in [-0.2, -0.15) is 0 Å². The largest absolute Gasteiger partial charge is 0.497 e. The summed E-state index contributed by atoms with van der Waals surface area (Å²) >= 11 is 0. The van der Waals surface area contributed by atoms with Gasteiger partial charge in [-0.3, -0.25) is 0 Å². The number of nitrogens with one attached hydrogen (secondary N) is 2. The molecule has 2 amide bonds. The zero-order valence-corrected chi connectivity index (χ0v) is 12.9. The predicted octanol–water partition coefficient (Wildman–Crippen LogP) is 3.26. The Morgan fingerprint density at radius 3 is 2.71 bits per heavy atom. The first-order valence-corrected chi connectivity index (χ1v) is 7.95. The minimum Gasteiger partial charge on any atom is -0.497 e. The van der Waals surface area contributed by atoms with Crippen LogP contribution in [-0.4, -0.2) is 25.7 Å². The highest BCUT2D eigenvalue weighted by Gasteiger charge is 2.14. The van der Waals surface area contributed by atoms with E-state index in [1.807, 2.05) is 24.3 Å². The van der Waals surface area contributed by atoms with E-state index in [9.17, 15) is 4.79 Å². The van der Waals surface area contributed by atoms with Crippen LogP contribution in [0.1, 0.15) is 44.1 Å². The van der Waals surface area contributed by atoms with Crippen LogP contribution in [0.3, 0.4) is 0 Å². The van der Waals surface area contributed by atoms with Crippen molar-refractivity contribution in [3.63, 3.8) is 0 Å². The van der Waals surface area contributed by atoms with Crippen LogP contribution in [0.4, 0.5) is 4.79 Å². The van der Waals surface area contributed by atoms with Crippen LogP contribution in [0.15, 0.2) is 24.3 Å². The molecule has 1 aromatic carbocycles. The summed E-state index contributed by atoms with van der Waals surface area (Å²) in [6.45, 7) is 0.645. The fraction of sp³-hybridized carbons (Fsp3) is 0.588. The topological polar surface area (TPSA) is 50.4 Å². The Labute approximate surface area is 127 Å². The maximum absolute atomic E-state index is 11.9. The van der Waals surface area contributed by atoms with Crippen LogP contribution in [-0.2, 0) is 6.42 Å². The summed E-state index contributed by atoms with van der Waals surface area (Å²) in [6, 6.07) is 8.27. The summed E-state index contributed by atoms with van der Waals surface area (Å²) in [4.78, 5) is 11.9. The molecule has 0 radical (unpaired) electrons. The standard InChI is InChI=1S/C17H26N2O2/c1-21-16-10-6-7-14(13-16)11-12-18-17(20)19-15-8-4-2-3-5-9-15/h6-7,10,13,15H,2-5,8-9,11-12H2,1H3,(H2,18,19,20). The maximum Gasteiger partial charge on any atom is 0.315 e. The average molecular weight is 290 g/mol. The Balaban J connectivity index is 1.68.